The molecule has 1 heterocycles. The van der Waals surface area contributed by atoms with Crippen LogP contribution in [0, 0.1) is 6.92 Å². The highest BCUT2D eigenvalue weighted by atomic mass is 32.1. The van der Waals surface area contributed by atoms with Gasteiger partial charge in [0.2, 0.25) is 5.91 Å². The maximum atomic E-state index is 12.4. The highest BCUT2D eigenvalue weighted by Crippen LogP contribution is 2.29. The summed E-state index contributed by atoms with van der Waals surface area (Å²) in [5.74, 6) is -0.0222. The van der Waals surface area contributed by atoms with Crippen molar-refractivity contribution in [1.82, 2.24) is 9.47 Å². The quantitative estimate of drug-likeness (QED) is 0.700. The lowest BCUT2D eigenvalue weighted by Gasteiger charge is -2.19. The van der Waals surface area contributed by atoms with Crippen LogP contribution in [0.1, 0.15) is 17.7 Å². The maximum Gasteiger partial charge on any atom is 0.387 e. The molecule has 0 bridgehead atoms. The number of methoxy groups -OCH3 is 1. The van der Waals surface area contributed by atoms with Gasteiger partial charge in [-0.2, -0.15) is 8.78 Å². The number of nitrogens with zero attached hydrogens (tertiary/aromatic N) is 2. The smallest absolute Gasteiger partial charge is 0.387 e. The van der Waals surface area contributed by atoms with E-state index in [2.05, 4.69) is 4.74 Å². The SMILES string of the molecule is COc1cc(CN(C)C(=O)CCn2c(C)csc2=O)ccc1OC(F)F. The van der Waals surface area contributed by atoms with Crippen LogP contribution < -0.4 is 14.3 Å². The van der Waals surface area contributed by atoms with Crippen molar-refractivity contribution in [3.05, 3.63) is 44.5 Å². The topological polar surface area (TPSA) is 60.8 Å². The lowest BCUT2D eigenvalue weighted by atomic mass is 10.2. The number of hydrogen-bond acceptors (Lipinski definition) is 5. The molecule has 1 aromatic heterocycles. The Kier molecular flexibility index (Phi) is 6.73. The van der Waals surface area contributed by atoms with Crippen LogP contribution in [0.15, 0.2) is 28.4 Å². The van der Waals surface area contributed by atoms with Gasteiger partial charge in [-0.3, -0.25) is 9.59 Å². The molecule has 0 unspecified atom stereocenters. The van der Waals surface area contributed by atoms with Crippen LogP contribution in [0.2, 0.25) is 0 Å². The molecule has 0 aliphatic heterocycles. The minimum atomic E-state index is -2.94. The fraction of sp³-hybridized carbons (Fsp3) is 0.412. The predicted molar refractivity (Wildman–Crippen MR) is 94.0 cm³/mol. The fourth-order valence-electron chi connectivity index (χ4n) is 2.44. The summed E-state index contributed by atoms with van der Waals surface area (Å²) >= 11 is 1.11. The molecule has 0 aliphatic carbocycles. The molecule has 2 aromatic rings. The first-order chi connectivity index (χ1) is 12.3. The number of aryl methyl sites for hydroxylation is 1. The first kappa shape index (κ1) is 19.9. The molecule has 0 atom stereocenters. The number of halogens is 2. The number of carbonyl (C=O) groups excluding carboxylic acids is 1. The van der Waals surface area contributed by atoms with Gasteiger partial charge in [-0.25, -0.2) is 0 Å². The van der Waals surface area contributed by atoms with E-state index in [1.807, 2.05) is 6.92 Å². The summed E-state index contributed by atoms with van der Waals surface area (Å²) in [6.45, 7) is -0.520. The Morgan fingerprint density at radius 2 is 2.08 bits per heavy atom. The van der Waals surface area contributed by atoms with E-state index < -0.39 is 6.61 Å². The zero-order valence-electron chi connectivity index (χ0n) is 14.7. The Morgan fingerprint density at radius 1 is 1.35 bits per heavy atom. The molecule has 0 spiro atoms. The number of ether oxygens (including phenoxy) is 2. The predicted octanol–water partition coefficient (Wildman–Crippen LogP) is 2.88. The molecule has 142 valence electrons. The van der Waals surface area contributed by atoms with Crippen molar-refractivity contribution in [2.24, 2.45) is 0 Å². The molecule has 0 N–H and O–H groups in total. The van der Waals surface area contributed by atoms with Gasteiger partial charge in [0.25, 0.3) is 0 Å². The summed E-state index contributed by atoms with van der Waals surface area (Å²) in [6.07, 6.45) is 0.192. The molecule has 26 heavy (non-hydrogen) atoms. The summed E-state index contributed by atoms with van der Waals surface area (Å²) in [4.78, 5) is 25.4. The van der Waals surface area contributed by atoms with Gasteiger partial charge in [0.05, 0.1) is 7.11 Å². The number of benzene rings is 1. The highest BCUT2D eigenvalue weighted by Gasteiger charge is 2.14. The van der Waals surface area contributed by atoms with E-state index in [0.717, 1.165) is 17.0 Å². The highest BCUT2D eigenvalue weighted by molar-refractivity contribution is 7.07. The first-order valence-electron chi connectivity index (χ1n) is 7.82. The molecule has 0 saturated carbocycles. The van der Waals surface area contributed by atoms with E-state index in [-0.39, 0.29) is 35.2 Å². The average Bonchev–Trinajstić information content (AvgIpc) is 2.91. The molecular weight excluding hydrogens is 366 g/mol. The number of carbonyl (C=O) groups is 1. The van der Waals surface area contributed by atoms with E-state index >= 15 is 0 Å². The van der Waals surface area contributed by atoms with Crippen LogP contribution >= 0.6 is 11.3 Å². The van der Waals surface area contributed by atoms with Gasteiger partial charge in [-0.05, 0) is 24.6 Å². The molecule has 2 rings (SSSR count). The average molecular weight is 386 g/mol. The van der Waals surface area contributed by atoms with E-state index in [9.17, 15) is 18.4 Å². The van der Waals surface area contributed by atoms with E-state index in [0.29, 0.717) is 12.1 Å². The van der Waals surface area contributed by atoms with Crippen molar-refractivity contribution in [2.45, 2.75) is 33.0 Å². The largest absolute Gasteiger partial charge is 0.493 e. The lowest BCUT2D eigenvalue weighted by Crippen LogP contribution is -2.28. The normalized spacial score (nSPS) is 10.8. The van der Waals surface area contributed by atoms with Crippen LogP contribution in [0.25, 0.3) is 0 Å². The van der Waals surface area contributed by atoms with Crippen LogP contribution in [0.5, 0.6) is 11.5 Å². The molecule has 1 amide bonds. The molecule has 0 fully saturated rings. The van der Waals surface area contributed by atoms with Crippen molar-refractivity contribution in [2.75, 3.05) is 14.2 Å². The third-order valence-electron chi connectivity index (χ3n) is 3.82. The Hall–Kier alpha value is -2.42. The number of rotatable bonds is 8. The number of thiazole rings is 1. The number of amides is 1. The molecule has 0 saturated heterocycles. The summed E-state index contributed by atoms with van der Waals surface area (Å²) in [7, 11) is 2.99. The zero-order valence-corrected chi connectivity index (χ0v) is 15.5. The minimum absolute atomic E-state index is 0.0625. The van der Waals surface area contributed by atoms with Crippen molar-refractivity contribution < 1.29 is 23.0 Å². The van der Waals surface area contributed by atoms with Crippen LogP contribution in [0.3, 0.4) is 0 Å². The van der Waals surface area contributed by atoms with Crippen molar-refractivity contribution in [1.29, 1.82) is 0 Å². The van der Waals surface area contributed by atoms with E-state index in [1.165, 1.54) is 18.1 Å². The van der Waals surface area contributed by atoms with E-state index in [4.69, 9.17) is 4.74 Å². The summed E-state index contributed by atoms with van der Waals surface area (Å²) in [6, 6.07) is 4.53. The van der Waals surface area contributed by atoms with Gasteiger partial charge in [-0.15, -0.1) is 0 Å². The van der Waals surface area contributed by atoms with Crippen LogP contribution in [-0.4, -0.2) is 36.1 Å². The number of hydrogen-bond donors (Lipinski definition) is 0. The summed E-state index contributed by atoms with van der Waals surface area (Å²) < 4.78 is 35.7. The Labute approximate surface area is 153 Å². The van der Waals surface area contributed by atoms with Crippen molar-refractivity contribution >= 4 is 17.2 Å². The van der Waals surface area contributed by atoms with Gasteiger partial charge in [-0.1, -0.05) is 17.4 Å². The molecule has 9 heteroatoms. The lowest BCUT2D eigenvalue weighted by molar-refractivity contribution is -0.130. The Bertz CT molecular complexity index is 819. The van der Waals surface area contributed by atoms with Crippen molar-refractivity contribution in [3.63, 3.8) is 0 Å². The molecule has 6 nitrogen and oxygen atoms in total. The second-order valence-corrected chi connectivity index (χ2v) is 6.48. The zero-order chi connectivity index (χ0) is 19.3. The van der Waals surface area contributed by atoms with Gasteiger partial charge in [0.1, 0.15) is 0 Å². The Morgan fingerprint density at radius 3 is 2.65 bits per heavy atom. The molecule has 1 aromatic carbocycles. The summed E-state index contributed by atoms with van der Waals surface area (Å²) in [5.41, 5.74) is 1.54. The van der Waals surface area contributed by atoms with Gasteiger partial charge in [0.15, 0.2) is 11.5 Å². The van der Waals surface area contributed by atoms with Gasteiger partial charge >= 0.3 is 11.5 Å². The third-order valence-corrected chi connectivity index (χ3v) is 4.70. The third kappa shape index (κ3) is 5.04. The van der Waals surface area contributed by atoms with Crippen molar-refractivity contribution in [3.8, 4) is 11.5 Å². The van der Waals surface area contributed by atoms with Gasteiger partial charge in [0, 0.05) is 37.6 Å². The van der Waals surface area contributed by atoms with Crippen LogP contribution in [0.4, 0.5) is 8.78 Å². The monoisotopic (exact) mass is 386 g/mol. The molecular formula is C17H20F2N2O4S. The first-order valence-corrected chi connectivity index (χ1v) is 8.70. The standard InChI is InChI=1S/C17H20F2N2O4S/c1-11-10-26-17(23)21(11)7-6-15(22)20(2)9-12-4-5-13(25-16(18)19)14(8-12)24-3/h4-5,8,10,16H,6-7,9H2,1-3H3. The Balaban J connectivity index is 1.98. The van der Waals surface area contributed by atoms with Crippen LogP contribution in [-0.2, 0) is 17.9 Å². The second kappa shape index (κ2) is 8.79. The van der Waals surface area contributed by atoms with E-state index in [1.54, 1.807) is 29.1 Å². The minimum Gasteiger partial charge on any atom is -0.493 e. The summed E-state index contributed by atoms with van der Waals surface area (Å²) in [5, 5.41) is 1.76. The second-order valence-electron chi connectivity index (χ2n) is 5.66. The molecule has 0 aliphatic rings. The van der Waals surface area contributed by atoms with Gasteiger partial charge < -0.3 is 18.9 Å². The number of aromatic nitrogens is 1. The molecule has 0 radical (unpaired) electrons. The fourth-order valence-corrected chi connectivity index (χ4v) is 3.20. The number of alkyl halides is 2. The maximum absolute atomic E-state index is 12.4.